The molecule has 1 rings (SSSR count). The molecule has 1 heteroatoms. The Labute approximate surface area is 50.3 Å². The third kappa shape index (κ3) is 1.25. The Morgan fingerprint density at radius 2 is 2.62 bits per heavy atom. The van der Waals surface area contributed by atoms with E-state index in [1.165, 1.54) is 12.8 Å². The first-order valence-electron chi connectivity index (χ1n) is 3.21. The van der Waals surface area contributed by atoms with Crippen molar-refractivity contribution < 1.29 is 4.74 Å². The van der Waals surface area contributed by atoms with Crippen LogP contribution in [0.5, 0.6) is 0 Å². The quantitative estimate of drug-likeness (QED) is 0.530. The van der Waals surface area contributed by atoms with Gasteiger partial charge in [0.25, 0.3) is 0 Å². The summed E-state index contributed by atoms with van der Waals surface area (Å²) in [5, 5.41) is 0. The fourth-order valence-corrected chi connectivity index (χ4v) is 0.952. The molecule has 1 heterocycles. The lowest BCUT2D eigenvalue weighted by molar-refractivity contribution is 0.244. The Hall–Kier alpha value is -0.460. The van der Waals surface area contributed by atoms with Crippen LogP contribution < -0.4 is 0 Å². The van der Waals surface area contributed by atoms with Crippen LogP contribution in [0.15, 0.2) is 12.3 Å². The van der Waals surface area contributed by atoms with Gasteiger partial charge in [0, 0.05) is 5.92 Å². The molecule has 1 aliphatic rings. The average Bonchev–Trinajstić information content (AvgIpc) is 2.19. The third-order valence-electron chi connectivity index (χ3n) is 1.42. The molecule has 0 saturated carbocycles. The van der Waals surface area contributed by atoms with Gasteiger partial charge in [-0.2, -0.15) is 0 Å². The summed E-state index contributed by atoms with van der Waals surface area (Å²) in [6, 6.07) is 0. The summed E-state index contributed by atoms with van der Waals surface area (Å²) in [5.74, 6) is 0.708. The lowest BCUT2D eigenvalue weighted by Crippen LogP contribution is -1.96. The van der Waals surface area contributed by atoms with Gasteiger partial charge in [-0.3, -0.25) is 0 Å². The van der Waals surface area contributed by atoms with E-state index in [4.69, 9.17) is 4.74 Å². The van der Waals surface area contributed by atoms with Crippen LogP contribution in [0.3, 0.4) is 0 Å². The van der Waals surface area contributed by atoms with Crippen molar-refractivity contribution in [1.82, 2.24) is 0 Å². The lowest BCUT2D eigenvalue weighted by atomic mass is 10.1. The molecule has 0 bridgehead atoms. The summed E-state index contributed by atoms with van der Waals surface area (Å²) in [4.78, 5) is 0. The zero-order chi connectivity index (χ0) is 5.82. The van der Waals surface area contributed by atoms with Crippen molar-refractivity contribution in [3.8, 4) is 0 Å². The molecule has 0 radical (unpaired) electrons. The summed E-state index contributed by atoms with van der Waals surface area (Å²) in [5.41, 5.74) is 0. The summed E-state index contributed by atoms with van der Waals surface area (Å²) < 4.78 is 5.03. The molecule has 0 amide bonds. The van der Waals surface area contributed by atoms with E-state index in [0.717, 1.165) is 6.61 Å². The van der Waals surface area contributed by atoms with E-state index in [9.17, 15) is 0 Å². The molecule has 8 heavy (non-hydrogen) atoms. The Morgan fingerprint density at radius 3 is 3.12 bits per heavy atom. The Balaban J connectivity index is 2.16. The zero-order valence-corrected chi connectivity index (χ0v) is 5.26. The van der Waals surface area contributed by atoms with Gasteiger partial charge >= 0.3 is 0 Å². The Kier molecular flexibility index (Phi) is 1.95. The van der Waals surface area contributed by atoms with Crippen molar-refractivity contribution >= 4 is 0 Å². The number of hydrogen-bond donors (Lipinski definition) is 0. The van der Waals surface area contributed by atoms with Crippen molar-refractivity contribution in [2.75, 3.05) is 6.61 Å². The van der Waals surface area contributed by atoms with Gasteiger partial charge in [-0.1, -0.05) is 13.3 Å². The normalized spacial score (nSPS) is 25.9. The van der Waals surface area contributed by atoms with Crippen LogP contribution in [0.1, 0.15) is 19.8 Å². The predicted octanol–water partition coefficient (Wildman–Crippen LogP) is 1.95. The fourth-order valence-electron chi connectivity index (χ4n) is 0.952. The van der Waals surface area contributed by atoms with E-state index >= 15 is 0 Å². The van der Waals surface area contributed by atoms with Crippen molar-refractivity contribution in [3.05, 3.63) is 12.3 Å². The van der Waals surface area contributed by atoms with E-state index in [0.29, 0.717) is 5.92 Å². The molecule has 0 aromatic heterocycles. The highest BCUT2D eigenvalue weighted by Gasteiger charge is 2.07. The van der Waals surface area contributed by atoms with Gasteiger partial charge in [0.1, 0.15) is 0 Å². The second kappa shape index (κ2) is 2.75. The van der Waals surface area contributed by atoms with Gasteiger partial charge in [-0.05, 0) is 12.5 Å². The molecule has 46 valence electrons. The van der Waals surface area contributed by atoms with Crippen LogP contribution in [-0.4, -0.2) is 6.61 Å². The Bertz CT molecular complexity index is 86.4. The highest BCUT2D eigenvalue weighted by molar-refractivity contribution is 4.88. The van der Waals surface area contributed by atoms with Gasteiger partial charge in [0.2, 0.25) is 0 Å². The minimum absolute atomic E-state index is 0.708. The largest absolute Gasteiger partial charge is 0.501 e. The average molecular weight is 112 g/mol. The Morgan fingerprint density at radius 1 is 1.75 bits per heavy atom. The molecule has 0 aliphatic carbocycles. The standard InChI is InChI=1S/C7H12O/c1-2-3-7-4-5-8-6-7/h4-5,7H,2-3,6H2,1H3/t7-/m1/s1. The maximum Gasteiger partial charge on any atom is 0.0936 e. The van der Waals surface area contributed by atoms with Gasteiger partial charge in [0.15, 0.2) is 0 Å². The van der Waals surface area contributed by atoms with Gasteiger partial charge < -0.3 is 4.74 Å². The van der Waals surface area contributed by atoms with E-state index in [1.807, 2.05) is 0 Å². The first-order chi connectivity index (χ1) is 3.93. The third-order valence-corrected chi connectivity index (χ3v) is 1.42. The van der Waals surface area contributed by atoms with E-state index in [-0.39, 0.29) is 0 Å². The molecule has 0 unspecified atom stereocenters. The van der Waals surface area contributed by atoms with E-state index in [2.05, 4.69) is 13.0 Å². The lowest BCUT2D eigenvalue weighted by Gasteiger charge is -2.00. The SMILES string of the molecule is CCC[C@@H]1C=COC1. The van der Waals surface area contributed by atoms with Crippen LogP contribution in [-0.2, 0) is 4.74 Å². The number of hydrogen-bond acceptors (Lipinski definition) is 1. The molecule has 1 nitrogen and oxygen atoms in total. The van der Waals surface area contributed by atoms with Crippen LogP contribution in [0.25, 0.3) is 0 Å². The smallest absolute Gasteiger partial charge is 0.0936 e. The molecule has 0 fully saturated rings. The molecular formula is C7H12O. The fraction of sp³-hybridized carbons (Fsp3) is 0.714. The van der Waals surface area contributed by atoms with Crippen molar-refractivity contribution in [2.24, 2.45) is 5.92 Å². The highest BCUT2D eigenvalue weighted by Crippen LogP contribution is 2.13. The highest BCUT2D eigenvalue weighted by atomic mass is 16.5. The van der Waals surface area contributed by atoms with Crippen LogP contribution in [0.4, 0.5) is 0 Å². The van der Waals surface area contributed by atoms with Crippen LogP contribution >= 0.6 is 0 Å². The molecular weight excluding hydrogens is 100 g/mol. The first-order valence-corrected chi connectivity index (χ1v) is 3.21. The summed E-state index contributed by atoms with van der Waals surface area (Å²) in [6.07, 6.45) is 6.48. The second-order valence-corrected chi connectivity index (χ2v) is 2.21. The first kappa shape index (κ1) is 5.67. The van der Waals surface area contributed by atoms with Crippen LogP contribution in [0, 0.1) is 5.92 Å². The minimum Gasteiger partial charge on any atom is -0.501 e. The van der Waals surface area contributed by atoms with E-state index < -0.39 is 0 Å². The summed E-state index contributed by atoms with van der Waals surface area (Å²) in [7, 11) is 0. The van der Waals surface area contributed by atoms with Gasteiger partial charge in [0.05, 0.1) is 12.9 Å². The summed E-state index contributed by atoms with van der Waals surface area (Å²) >= 11 is 0. The van der Waals surface area contributed by atoms with Crippen LogP contribution in [0.2, 0.25) is 0 Å². The molecule has 0 saturated heterocycles. The maximum atomic E-state index is 5.03. The number of ether oxygens (including phenoxy) is 1. The molecule has 0 aromatic rings. The maximum absolute atomic E-state index is 5.03. The molecule has 0 N–H and O–H groups in total. The minimum atomic E-state index is 0.708. The van der Waals surface area contributed by atoms with Crippen molar-refractivity contribution in [3.63, 3.8) is 0 Å². The molecule has 0 aromatic carbocycles. The number of rotatable bonds is 2. The monoisotopic (exact) mass is 112 g/mol. The topological polar surface area (TPSA) is 9.23 Å². The van der Waals surface area contributed by atoms with Gasteiger partial charge in [-0.15, -0.1) is 0 Å². The van der Waals surface area contributed by atoms with Crippen molar-refractivity contribution in [2.45, 2.75) is 19.8 Å². The zero-order valence-electron chi connectivity index (χ0n) is 5.26. The molecule has 1 atom stereocenters. The van der Waals surface area contributed by atoms with E-state index in [1.54, 1.807) is 6.26 Å². The van der Waals surface area contributed by atoms with Gasteiger partial charge in [-0.25, -0.2) is 0 Å². The summed E-state index contributed by atoms with van der Waals surface area (Å²) in [6.45, 7) is 3.11. The predicted molar refractivity (Wildman–Crippen MR) is 33.5 cm³/mol. The molecule has 0 spiro atoms. The van der Waals surface area contributed by atoms with Crippen molar-refractivity contribution in [1.29, 1.82) is 0 Å². The molecule has 1 aliphatic heterocycles. The second-order valence-electron chi connectivity index (χ2n) is 2.21.